The highest BCUT2D eigenvalue weighted by molar-refractivity contribution is 7.93. The van der Waals surface area contributed by atoms with E-state index in [0.29, 0.717) is 17.3 Å². The van der Waals surface area contributed by atoms with Crippen LogP contribution in [0.3, 0.4) is 0 Å². The standard InChI is InChI=1S/C18H16F3N3O2S/c1-24(2)15-9-7-12-5-3-4-6-14(12)17(15)27(25,26)23-16-10-8-13(11-22-16)18(19,20)21/h3-11H,1-2H3,(H,22,23). The number of nitrogens with one attached hydrogen (secondary N) is 1. The van der Waals surface area contributed by atoms with Crippen molar-refractivity contribution in [2.24, 2.45) is 0 Å². The van der Waals surface area contributed by atoms with E-state index in [1.165, 1.54) is 0 Å². The smallest absolute Gasteiger partial charge is 0.377 e. The highest BCUT2D eigenvalue weighted by Gasteiger charge is 2.31. The summed E-state index contributed by atoms with van der Waals surface area (Å²) in [7, 11) is -0.684. The highest BCUT2D eigenvalue weighted by Crippen LogP contribution is 2.34. The topological polar surface area (TPSA) is 62.3 Å². The molecule has 1 heterocycles. The minimum absolute atomic E-state index is 0.0345. The SMILES string of the molecule is CN(C)c1ccc2ccccc2c1S(=O)(=O)Nc1ccc(C(F)(F)F)cn1. The summed E-state index contributed by atoms with van der Waals surface area (Å²) in [6.07, 6.45) is -3.95. The third-order valence-electron chi connectivity index (χ3n) is 3.94. The lowest BCUT2D eigenvalue weighted by Gasteiger charge is -2.20. The molecule has 0 spiro atoms. The summed E-state index contributed by atoms with van der Waals surface area (Å²) in [5.74, 6) is -0.194. The molecule has 1 N–H and O–H groups in total. The zero-order chi connectivity index (χ0) is 19.8. The maximum Gasteiger partial charge on any atom is 0.417 e. The number of fused-ring (bicyclic) bond motifs is 1. The maximum absolute atomic E-state index is 13.0. The van der Waals surface area contributed by atoms with Crippen LogP contribution in [0.25, 0.3) is 10.8 Å². The fraction of sp³-hybridized carbons (Fsp3) is 0.167. The summed E-state index contributed by atoms with van der Waals surface area (Å²) < 4.78 is 66.3. The third kappa shape index (κ3) is 3.82. The van der Waals surface area contributed by atoms with Gasteiger partial charge in [0.1, 0.15) is 10.7 Å². The van der Waals surface area contributed by atoms with Gasteiger partial charge in [-0.05, 0) is 23.6 Å². The second-order valence-corrected chi connectivity index (χ2v) is 7.68. The van der Waals surface area contributed by atoms with Crippen LogP contribution >= 0.6 is 0 Å². The van der Waals surface area contributed by atoms with Crippen molar-refractivity contribution < 1.29 is 21.6 Å². The molecule has 5 nitrogen and oxygen atoms in total. The molecule has 0 bridgehead atoms. The molecule has 27 heavy (non-hydrogen) atoms. The van der Waals surface area contributed by atoms with E-state index in [4.69, 9.17) is 0 Å². The van der Waals surface area contributed by atoms with Crippen LogP contribution in [0, 0.1) is 0 Å². The van der Waals surface area contributed by atoms with Gasteiger partial charge in [-0.3, -0.25) is 4.72 Å². The first-order valence-electron chi connectivity index (χ1n) is 7.85. The van der Waals surface area contributed by atoms with Crippen molar-refractivity contribution in [2.75, 3.05) is 23.7 Å². The Bertz CT molecular complexity index is 1080. The van der Waals surface area contributed by atoms with Gasteiger partial charge in [0.05, 0.1) is 11.3 Å². The van der Waals surface area contributed by atoms with E-state index < -0.39 is 21.8 Å². The van der Waals surface area contributed by atoms with E-state index >= 15 is 0 Å². The van der Waals surface area contributed by atoms with Crippen LogP contribution in [0.15, 0.2) is 59.6 Å². The van der Waals surface area contributed by atoms with Crippen LogP contribution in [-0.4, -0.2) is 27.5 Å². The molecule has 0 aliphatic heterocycles. The number of benzene rings is 2. The minimum atomic E-state index is -4.54. The number of anilines is 2. The molecule has 2 aromatic carbocycles. The maximum atomic E-state index is 13.0. The Morgan fingerprint density at radius 3 is 2.30 bits per heavy atom. The molecule has 0 aliphatic rings. The quantitative estimate of drug-likeness (QED) is 0.722. The molecule has 142 valence electrons. The fourth-order valence-corrected chi connectivity index (χ4v) is 4.18. The predicted molar refractivity (Wildman–Crippen MR) is 98.3 cm³/mol. The van der Waals surface area contributed by atoms with Crippen molar-refractivity contribution in [2.45, 2.75) is 11.1 Å². The number of hydrogen-bond acceptors (Lipinski definition) is 4. The van der Waals surface area contributed by atoms with Crippen molar-refractivity contribution in [1.29, 1.82) is 0 Å². The normalized spacial score (nSPS) is 12.2. The molecular formula is C18H16F3N3O2S. The Balaban J connectivity index is 2.08. The van der Waals surface area contributed by atoms with E-state index in [9.17, 15) is 21.6 Å². The van der Waals surface area contributed by atoms with E-state index in [2.05, 4.69) is 9.71 Å². The van der Waals surface area contributed by atoms with Gasteiger partial charge in [0.2, 0.25) is 0 Å². The van der Waals surface area contributed by atoms with Crippen molar-refractivity contribution >= 4 is 32.3 Å². The lowest BCUT2D eigenvalue weighted by Crippen LogP contribution is -2.20. The number of pyridine rings is 1. The highest BCUT2D eigenvalue weighted by atomic mass is 32.2. The monoisotopic (exact) mass is 395 g/mol. The average molecular weight is 395 g/mol. The van der Waals surface area contributed by atoms with Crippen LogP contribution in [0.1, 0.15) is 5.56 Å². The Labute approximate surface area is 154 Å². The van der Waals surface area contributed by atoms with Gasteiger partial charge in [-0.1, -0.05) is 30.3 Å². The number of aromatic nitrogens is 1. The predicted octanol–water partition coefficient (Wildman–Crippen LogP) is 4.12. The molecule has 3 aromatic rings. The number of sulfonamides is 1. The zero-order valence-electron chi connectivity index (χ0n) is 14.4. The summed E-state index contributed by atoms with van der Waals surface area (Å²) in [5, 5.41) is 1.23. The summed E-state index contributed by atoms with van der Waals surface area (Å²) in [5.41, 5.74) is -0.502. The molecule has 3 rings (SSSR count). The lowest BCUT2D eigenvalue weighted by atomic mass is 10.1. The lowest BCUT2D eigenvalue weighted by molar-refractivity contribution is -0.137. The van der Waals surface area contributed by atoms with E-state index in [1.54, 1.807) is 55.4 Å². The third-order valence-corrected chi connectivity index (χ3v) is 5.38. The largest absolute Gasteiger partial charge is 0.417 e. The second-order valence-electron chi connectivity index (χ2n) is 6.06. The molecule has 0 saturated heterocycles. The fourth-order valence-electron chi connectivity index (χ4n) is 2.68. The Kier molecular flexibility index (Phi) is 4.73. The number of nitrogens with zero attached hydrogens (tertiary/aromatic N) is 2. The van der Waals surface area contributed by atoms with Crippen molar-refractivity contribution in [3.63, 3.8) is 0 Å². The molecule has 0 atom stereocenters. The zero-order valence-corrected chi connectivity index (χ0v) is 15.3. The van der Waals surface area contributed by atoms with Crippen LogP contribution in [0.4, 0.5) is 24.7 Å². The van der Waals surface area contributed by atoms with Crippen molar-refractivity contribution in [3.8, 4) is 0 Å². The van der Waals surface area contributed by atoms with Crippen LogP contribution in [0.5, 0.6) is 0 Å². The average Bonchev–Trinajstić information content (AvgIpc) is 2.59. The van der Waals surface area contributed by atoms with Crippen molar-refractivity contribution in [1.82, 2.24) is 4.98 Å². The van der Waals surface area contributed by atoms with Crippen LogP contribution in [0.2, 0.25) is 0 Å². The van der Waals surface area contributed by atoms with E-state index in [-0.39, 0.29) is 10.7 Å². The Hall–Kier alpha value is -2.81. The molecular weight excluding hydrogens is 379 g/mol. The molecule has 9 heteroatoms. The van der Waals surface area contributed by atoms with Gasteiger partial charge in [-0.15, -0.1) is 0 Å². The van der Waals surface area contributed by atoms with Gasteiger partial charge in [-0.25, -0.2) is 13.4 Å². The molecule has 0 saturated carbocycles. The summed E-state index contributed by atoms with van der Waals surface area (Å²) >= 11 is 0. The Morgan fingerprint density at radius 2 is 1.70 bits per heavy atom. The summed E-state index contributed by atoms with van der Waals surface area (Å²) in [6, 6.07) is 12.2. The Morgan fingerprint density at radius 1 is 1.00 bits per heavy atom. The summed E-state index contributed by atoms with van der Waals surface area (Å²) in [4.78, 5) is 5.28. The first-order chi connectivity index (χ1) is 12.6. The molecule has 0 aliphatic carbocycles. The number of hydrogen-bond donors (Lipinski definition) is 1. The van der Waals surface area contributed by atoms with Gasteiger partial charge < -0.3 is 4.90 Å². The summed E-state index contributed by atoms with van der Waals surface area (Å²) in [6.45, 7) is 0. The van der Waals surface area contributed by atoms with Gasteiger partial charge in [-0.2, -0.15) is 13.2 Å². The molecule has 0 radical (unpaired) electrons. The van der Waals surface area contributed by atoms with Gasteiger partial charge >= 0.3 is 6.18 Å². The minimum Gasteiger partial charge on any atom is -0.377 e. The first-order valence-corrected chi connectivity index (χ1v) is 9.33. The van der Waals surface area contributed by atoms with Crippen molar-refractivity contribution in [3.05, 3.63) is 60.3 Å². The molecule has 0 unspecified atom stereocenters. The number of halogens is 3. The van der Waals surface area contributed by atoms with Gasteiger partial charge in [0.15, 0.2) is 0 Å². The van der Waals surface area contributed by atoms with Gasteiger partial charge in [0.25, 0.3) is 10.0 Å². The van der Waals surface area contributed by atoms with Crippen LogP contribution < -0.4 is 9.62 Å². The molecule has 0 fully saturated rings. The second kappa shape index (κ2) is 6.73. The van der Waals surface area contributed by atoms with E-state index in [1.807, 2.05) is 0 Å². The molecule has 1 aromatic heterocycles. The number of rotatable bonds is 4. The van der Waals surface area contributed by atoms with Gasteiger partial charge in [0, 0.05) is 25.7 Å². The van der Waals surface area contributed by atoms with E-state index in [0.717, 1.165) is 17.5 Å². The first kappa shape index (κ1) is 19.0. The number of alkyl halides is 3. The molecule has 0 amide bonds. The van der Waals surface area contributed by atoms with Crippen LogP contribution in [-0.2, 0) is 16.2 Å².